The fourth-order valence-corrected chi connectivity index (χ4v) is 4.13. The molecule has 1 amide bonds. The Bertz CT molecular complexity index is 811. The van der Waals surface area contributed by atoms with Crippen molar-refractivity contribution in [3.8, 4) is 0 Å². The lowest BCUT2D eigenvalue weighted by Gasteiger charge is -2.21. The number of rotatable bonds is 6. The Balaban J connectivity index is 2.44. The first-order valence-corrected chi connectivity index (χ1v) is 8.78. The minimum atomic E-state index is -4.03. The molecule has 0 spiro atoms. The van der Waals surface area contributed by atoms with E-state index < -0.39 is 22.5 Å². The number of nitrogens with two attached hydrogens (primary N) is 1. The second-order valence-electron chi connectivity index (χ2n) is 4.80. The van der Waals surface area contributed by atoms with Crippen molar-refractivity contribution in [2.75, 3.05) is 6.54 Å². The molecule has 23 heavy (non-hydrogen) atoms. The normalized spacial score (nSPS) is 11.6. The van der Waals surface area contributed by atoms with Crippen molar-refractivity contribution in [1.82, 2.24) is 4.31 Å². The van der Waals surface area contributed by atoms with Gasteiger partial charge in [-0.3, -0.25) is 4.79 Å². The lowest BCUT2D eigenvalue weighted by molar-refractivity contribution is -0.118. The van der Waals surface area contributed by atoms with Gasteiger partial charge in [0.2, 0.25) is 15.9 Å². The van der Waals surface area contributed by atoms with E-state index in [1.165, 1.54) is 18.2 Å². The predicted octanol–water partition coefficient (Wildman–Crippen LogP) is 2.67. The fourth-order valence-electron chi connectivity index (χ4n) is 2.00. The van der Waals surface area contributed by atoms with Gasteiger partial charge in [0.1, 0.15) is 4.90 Å². The van der Waals surface area contributed by atoms with E-state index >= 15 is 0 Å². The van der Waals surface area contributed by atoms with Gasteiger partial charge < -0.3 is 5.73 Å². The number of sulfonamides is 1. The highest BCUT2D eigenvalue weighted by molar-refractivity contribution is 7.89. The Morgan fingerprint density at radius 3 is 2.35 bits per heavy atom. The molecule has 5 nitrogen and oxygen atoms in total. The van der Waals surface area contributed by atoms with Crippen LogP contribution in [0, 0.1) is 0 Å². The molecule has 2 aromatic rings. The monoisotopic (exact) mass is 372 g/mol. The smallest absolute Gasteiger partial charge is 0.245 e. The van der Waals surface area contributed by atoms with Crippen LogP contribution in [0.25, 0.3) is 0 Å². The number of nitrogens with zero attached hydrogens (tertiary/aromatic N) is 1. The quantitative estimate of drug-likeness (QED) is 0.845. The van der Waals surface area contributed by atoms with Crippen molar-refractivity contribution >= 4 is 39.1 Å². The molecular weight excluding hydrogens is 359 g/mol. The summed E-state index contributed by atoms with van der Waals surface area (Å²) >= 11 is 11.8. The molecule has 0 saturated carbocycles. The van der Waals surface area contributed by atoms with Gasteiger partial charge in [-0.2, -0.15) is 4.31 Å². The molecule has 0 fully saturated rings. The van der Waals surface area contributed by atoms with Gasteiger partial charge >= 0.3 is 0 Å². The molecule has 0 saturated heterocycles. The first kappa shape index (κ1) is 17.7. The number of hydrogen-bond acceptors (Lipinski definition) is 3. The lowest BCUT2D eigenvalue weighted by Crippen LogP contribution is -2.38. The highest BCUT2D eigenvalue weighted by Gasteiger charge is 2.28. The van der Waals surface area contributed by atoms with Crippen LogP contribution >= 0.6 is 23.2 Å². The molecule has 2 N–H and O–H groups in total. The number of halogens is 2. The third-order valence-corrected chi connectivity index (χ3v) is 5.55. The summed E-state index contributed by atoms with van der Waals surface area (Å²) in [5, 5.41) is 0.253. The average molecular weight is 373 g/mol. The maximum Gasteiger partial charge on any atom is 0.245 e. The first-order valence-electron chi connectivity index (χ1n) is 6.58. The molecule has 0 heterocycles. The average Bonchev–Trinajstić information content (AvgIpc) is 2.49. The molecule has 0 aliphatic carbocycles. The van der Waals surface area contributed by atoms with Crippen molar-refractivity contribution in [3.05, 3.63) is 64.1 Å². The summed E-state index contributed by atoms with van der Waals surface area (Å²) in [5.74, 6) is -0.761. The standard InChI is InChI=1S/C15H14Cl2N2O3S/c16-12-6-7-13(17)14(8-12)23(21,22)19(10-15(18)20)9-11-4-2-1-3-5-11/h1-8H,9-10H2,(H2,18,20). The van der Waals surface area contributed by atoms with E-state index in [0.29, 0.717) is 0 Å². The second-order valence-corrected chi connectivity index (χ2v) is 7.55. The Morgan fingerprint density at radius 1 is 1.09 bits per heavy atom. The van der Waals surface area contributed by atoms with Crippen LogP contribution in [-0.4, -0.2) is 25.2 Å². The van der Waals surface area contributed by atoms with Crippen molar-refractivity contribution < 1.29 is 13.2 Å². The third-order valence-electron chi connectivity index (χ3n) is 3.05. The van der Waals surface area contributed by atoms with Crippen LogP contribution < -0.4 is 5.73 Å². The molecular formula is C15H14Cl2N2O3S. The number of primary amides is 1. The van der Waals surface area contributed by atoms with Crippen molar-refractivity contribution in [1.29, 1.82) is 0 Å². The second kappa shape index (κ2) is 7.31. The summed E-state index contributed by atoms with van der Waals surface area (Å²) in [6.45, 7) is -0.463. The van der Waals surface area contributed by atoms with Crippen LogP contribution in [0.5, 0.6) is 0 Å². The molecule has 0 unspecified atom stereocenters. The number of amides is 1. The molecule has 0 bridgehead atoms. The molecule has 0 aliphatic heterocycles. The van der Waals surface area contributed by atoms with Crippen molar-refractivity contribution in [2.24, 2.45) is 5.73 Å². The number of hydrogen-bond donors (Lipinski definition) is 1. The predicted molar refractivity (Wildman–Crippen MR) is 89.7 cm³/mol. The third kappa shape index (κ3) is 4.45. The zero-order chi connectivity index (χ0) is 17.0. The van der Waals surface area contributed by atoms with Crippen molar-refractivity contribution in [2.45, 2.75) is 11.4 Å². The summed E-state index contributed by atoms with van der Waals surface area (Å²) in [6.07, 6.45) is 0. The molecule has 8 heteroatoms. The van der Waals surface area contributed by atoms with Gasteiger partial charge in [-0.15, -0.1) is 0 Å². The maximum atomic E-state index is 12.8. The van der Waals surface area contributed by atoms with Gasteiger partial charge in [-0.05, 0) is 23.8 Å². The highest BCUT2D eigenvalue weighted by atomic mass is 35.5. The lowest BCUT2D eigenvalue weighted by atomic mass is 10.2. The first-order chi connectivity index (χ1) is 10.8. The summed E-state index contributed by atoms with van der Waals surface area (Å²) in [6, 6.07) is 13.0. The summed E-state index contributed by atoms with van der Waals surface area (Å²) < 4.78 is 26.6. The number of carbonyl (C=O) groups is 1. The van der Waals surface area contributed by atoms with E-state index in [9.17, 15) is 13.2 Å². The van der Waals surface area contributed by atoms with Gasteiger partial charge in [-0.25, -0.2) is 8.42 Å². The van der Waals surface area contributed by atoms with Gasteiger partial charge in [0.25, 0.3) is 0 Å². The molecule has 0 aromatic heterocycles. The van der Waals surface area contributed by atoms with Crippen molar-refractivity contribution in [3.63, 3.8) is 0 Å². The zero-order valence-electron chi connectivity index (χ0n) is 11.9. The molecule has 122 valence electrons. The SMILES string of the molecule is NC(=O)CN(Cc1ccccc1)S(=O)(=O)c1cc(Cl)ccc1Cl. The van der Waals surface area contributed by atoms with Crippen LogP contribution in [-0.2, 0) is 21.4 Å². The van der Waals surface area contributed by atoms with E-state index in [0.717, 1.165) is 9.87 Å². The molecule has 0 aliphatic rings. The van der Waals surface area contributed by atoms with Gasteiger partial charge in [0.05, 0.1) is 11.6 Å². The Labute approximate surface area is 144 Å². The maximum absolute atomic E-state index is 12.8. The van der Waals surface area contributed by atoms with E-state index in [-0.39, 0.29) is 21.5 Å². The van der Waals surface area contributed by atoms with Gasteiger partial charge in [0, 0.05) is 11.6 Å². The van der Waals surface area contributed by atoms with Crippen LogP contribution in [0.15, 0.2) is 53.4 Å². The van der Waals surface area contributed by atoms with E-state index in [1.807, 2.05) is 6.07 Å². The Kier molecular flexibility index (Phi) is 5.64. The van der Waals surface area contributed by atoms with E-state index in [2.05, 4.69) is 0 Å². The Morgan fingerprint density at radius 2 is 1.74 bits per heavy atom. The topological polar surface area (TPSA) is 80.5 Å². The minimum Gasteiger partial charge on any atom is -0.369 e. The van der Waals surface area contributed by atoms with E-state index in [4.69, 9.17) is 28.9 Å². The summed E-state index contributed by atoms with van der Waals surface area (Å²) in [5.41, 5.74) is 5.90. The molecule has 0 atom stereocenters. The largest absolute Gasteiger partial charge is 0.369 e. The number of carbonyl (C=O) groups excluding carboxylic acids is 1. The number of benzene rings is 2. The van der Waals surface area contributed by atoms with Gasteiger partial charge in [0.15, 0.2) is 0 Å². The summed E-state index contributed by atoms with van der Waals surface area (Å²) in [7, 11) is -4.03. The Hall–Kier alpha value is -1.60. The van der Waals surface area contributed by atoms with Crippen LogP contribution in [0.3, 0.4) is 0 Å². The summed E-state index contributed by atoms with van der Waals surface area (Å²) in [4.78, 5) is 11.1. The molecule has 2 aromatic carbocycles. The minimum absolute atomic E-state index is 0.00500. The van der Waals surface area contributed by atoms with E-state index in [1.54, 1.807) is 24.3 Å². The van der Waals surface area contributed by atoms with Crippen LogP contribution in [0.1, 0.15) is 5.56 Å². The highest BCUT2D eigenvalue weighted by Crippen LogP contribution is 2.28. The zero-order valence-corrected chi connectivity index (χ0v) is 14.3. The fraction of sp³-hybridized carbons (Fsp3) is 0.133. The van der Waals surface area contributed by atoms with Crippen LogP contribution in [0.4, 0.5) is 0 Å². The molecule has 2 rings (SSSR count). The molecule has 0 radical (unpaired) electrons. The van der Waals surface area contributed by atoms with Crippen LogP contribution in [0.2, 0.25) is 10.0 Å². The van der Waals surface area contributed by atoms with Gasteiger partial charge in [-0.1, -0.05) is 53.5 Å².